The van der Waals surface area contributed by atoms with Gasteiger partial charge in [0.2, 0.25) is 5.91 Å². The molecular weight excluding hydrogens is 530 g/mol. The number of carbonyl (C=O) groups is 3. The molecule has 0 unspecified atom stereocenters. The van der Waals surface area contributed by atoms with E-state index in [9.17, 15) is 19.5 Å². The topological polar surface area (TPSA) is 108 Å². The van der Waals surface area contributed by atoms with Crippen LogP contribution in [0.25, 0.3) is 10.8 Å². The molecule has 0 aromatic heterocycles. The number of hydrogen-bond donors (Lipinski definition) is 2. The van der Waals surface area contributed by atoms with Gasteiger partial charge in [0.25, 0.3) is 0 Å². The number of halogens is 1. The number of benzene rings is 3. The van der Waals surface area contributed by atoms with E-state index in [1.54, 1.807) is 18.1 Å². The number of amides is 2. The smallest absolute Gasteiger partial charge is 0.407 e. The Morgan fingerprint density at radius 1 is 1.31 bits per heavy atom. The van der Waals surface area contributed by atoms with E-state index in [0.29, 0.717) is 23.5 Å². The van der Waals surface area contributed by atoms with Crippen LogP contribution >= 0.6 is 15.9 Å². The standard InChI is InChI=1S/C26H26BrN3O6/c1-29(26(33)34)18(14-31)12-28-21-15-36-24-6-4-3-5-22(24)30(25(21)32)13-20-19-9-8-17(27)11-16(19)7-10-23(20)35-2/h3-11,14,18,21,28H,12-13,15H2,1-2H3,(H,33,34)/t18-,21-/m0/s1. The highest BCUT2D eigenvalue weighted by molar-refractivity contribution is 9.10. The first kappa shape index (κ1) is 25.5. The number of nitrogens with one attached hydrogen (secondary N) is 1. The van der Waals surface area contributed by atoms with Crippen LogP contribution < -0.4 is 19.7 Å². The number of likely N-dealkylation sites (N-methyl/N-ethyl adjacent to an activating group) is 1. The average Bonchev–Trinajstić information content (AvgIpc) is 3.01. The van der Waals surface area contributed by atoms with E-state index in [2.05, 4.69) is 21.2 Å². The number of aldehydes is 1. The Hall–Kier alpha value is -3.63. The summed E-state index contributed by atoms with van der Waals surface area (Å²) in [7, 11) is 2.90. The van der Waals surface area contributed by atoms with E-state index >= 15 is 0 Å². The first-order valence-electron chi connectivity index (χ1n) is 11.3. The summed E-state index contributed by atoms with van der Waals surface area (Å²) in [6.45, 7) is 0.196. The molecule has 0 aliphatic carbocycles. The average molecular weight is 556 g/mol. The second-order valence-corrected chi connectivity index (χ2v) is 9.29. The Morgan fingerprint density at radius 2 is 2.08 bits per heavy atom. The molecule has 1 heterocycles. The molecule has 1 aliphatic rings. The van der Waals surface area contributed by atoms with Crippen molar-refractivity contribution in [1.82, 2.24) is 10.2 Å². The van der Waals surface area contributed by atoms with Crippen LogP contribution in [0.15, 0.2) is 59.1 Å². The molecule has 0 spiro atoms. The van der Waals surface area contributed by atoms with Gasteiger partial charge < -0.3 is 34.5 Å². The Bertz CT molecular complexity index is 1300. The van der Waals surface area contributed by atoms with Gasteiger partial charge in [0.15, 0.2) is 0 Å². The summed E-state index contributed by atoms with van der Waals surface area (Å²) in [5.41, 5.74) is 1.44. The molecule has 0 fully saturated rings. The second kappa shape index (κ2) is 11.0. The van der Waals surface area contributed by atoms with Crippen molar-refractivity contribution < 1.29 is 29.0 Å². The predicted molar refractivity (Wildman–Crippen MR) is 139 cm³/mol. The Morgan fingerprint density at radius 3 is 2.81 bits per heavy atom. The SMILES string of the molecule is COc1ccc2cc(Br)ccc2c1CN1C(=O)[C@@H](NC[C@@H](C=O)N(C)C(=O)O)COc2ccccc21. The fraction of sp³-hybridized carbons (Fsp3) is 0.269. The third-order valence-corrected chi connectivity index (χ3v) is 6.74. The third-order valence-electron chi connectivity index (χ3n) is 6.24. The van der Waals surface area contributed by atoms with Crippen molar-refractivity contribution in [3.8, 4) is 11.5 Å². The van der Waals surface area contributed by atoms with Crippen LogP contribution in [0.2, 0.25) is 0 Å². The summed E-state index contributed by atoms with van der Waals surface area (Å²) in [5.74, 6) is 0.930. The highest BCUT2D eigenvalue weighted by atomic mass is 79.9. The normalized spacial score (nSPS) is 16.0. The van der Waals surface area contributed by atoms with Gasteiger partial charge in [-0.15, -0.1) is 0 Å². The van der Waals surface area contributed by atoms with Crippen molar-refractivity contribution in [1.29, 1.82) is 0 Å². The molecular formula is C26H26BrN3O6. The van der Waals surface area contributed by atoms with Gasteiger partial charge in [0.05, 0.1) is 19.3 Å². The van der Waals surface area contributed by atoms with Crippen LogP contribution in [0.5, 0.6) is 11.5 Å². The van der Waals surface area contributed by atoms with Crippen LogP contribution in [0.4, 0.5) is 10.5 Å². The minimum Gasteiger partial charge on any atom is -0.496 e. The number of hydrogen-bond acceptors (Lipinski definition) is 6. The number of rotatable bonds is 8. The molecule has 0 bridgehead atoms. The lowest BCUT2D eigenvalue weighted by molar-refractivity contribution is -0.121. The summed E-state index contributed by atoms with van der Waals surface area (Å²) in [6, 6.07) is 15.3. The maximum atomic E-state index is 13.8. The number of anilines is 1. The summed E-state index contributed by atoms with van der Waals surface area (Å²) >= 11 is 3.51. The lowest BCUT2D eigenvalue weighted by Crippen LogP contribution is -2.53. The van der Waals surface area contributed by atoms with Gasteiger partial charge in [-0.3, -0.25) is 4.79 Å². The molecule has 0 saturated heterocycles. The number of para-hydroxylation sites is 2. The molecule has 0 radical (unpaired) electrons. The summed E-state index contributed by atoms with van der Waals surface area (Å²) in [5, 5.41) is 14.2. The van der Waals surface area contributed by atoms with Gasteiger partial charge in [-0.2, -0.15) is 0 Å². The van der Waals surface area contributed by atoms with E-state index in [1.807, 2.05) is 48.5 Å². The molecule has 188 valence electrons. The molecule has 2 atom stereocenters. The van der Waals surface area contributed by atoms with Gasteiger partial charge >= 0.3 is 6.09 Å². The van der Waals surface area contributed by atoms with Gasteiger partial charge in [-0.25, -0.2) is 4.79 Å². The van der Waals surface area contributed by atoms with Crippen molar-refractivity contribution in [3.05, 3.63) is 64.6 Å². The molecule has 3 aromatic carbocycles. The largest absolute Gasteiger partial charge is 0.496 e. The van der Waals surface area contributed by atoms with Crippen molar-refractivity contribution in [2.75, 3.05) is 32.2 Å². The quantitative estimate of drug-likeness (QED) is 0.408. The second-order valence-electron chi connectivity index (χ2n) is 8.37. The first-order chi connectivity index (χ1) is 17.3. The van der Waals surface area contributed by atoms with Crippen molar-refractivity contribution >= 4 is 50.7 Å². The van der Waals surface area contributed by atoms with E-state index < -0.39 is 18.2 Å². The van der Waals surface area contributed by atoms with Gasteiger partial charge in [0, 0.05) is 23.6 Å². The number of carboxylic acid groups (broad SMARTS) is 1. The maximum absolute atomic E-state index is 13.8. The number of carbonyl (C=O) groups excluding carboxylic acids is 2. The number of methoxy groups -OCH3 is 1. The van der Waals surface area contributed by atoms with E-state index in [1.165, 1.54) is 7.05 Å². The van der Waals surface area contributed by atoms with Gasteiger partial charge in [0.1, 0.15) is 36.5 Å². The molecule has 2 N–H and O–H groups in total. The zero-order chi connectivity index (χ0) is 25.8. The third kappa shape index (κ3) is 5.14. The molecule has 3 aromatic rings. The highest BCUT2D eigenvalue weighted by Crippen LogP contribution is 2.36. The molecule has 1 aliphatic heterocycles. The molecule has 36 heavy (non-hydrogen) atoms. The van der Waals surface area contributed by atoms with Crippen LogP contribution in [-0.4, -0.2) is 67.7 Å². The summed E-state index contributed by atoms with van der Waals surface area (Å²) < 4.78 is 12.5. The fourth-order valence-corrected chi connectivity index (χ4v) is 4.58. The molecule has 10 heteroatoms. The zero-order valence-corrected chi connectivity index (χ0v) is 21.4. The molecule has 4 rings (SSSR count). The van der Waals surface area contributed by atoms with Crippen LogP contribution in [0.1, 0.15) is 5.56 Å². The van der Waals surface area contributed by atoms with Crippen molar-refractivity contribution in [2.24, 2.45) is 0 Å². The summed E-state index contributed by atoms with van der Waals surface area (Å²) in [4.78, 5) is 39.1. The Balaban J connectivity index is 1.70. The summed E-state index contributed by atoms with van der Waals surface area (Å²) in [6.07, 6.45) is -0.699. The highest BCUT2D eigenvalue weighted by Gasteiger charge is 2.33. The number of nitrogens with zero attached hydrogens (tertiary/aromatic N) is 2. The fourth-order valence-electron chi connectivity index (χ4n) is 4.20. The predicted octanol–water partition coefficient (Wildman–Crippen LogP) is 3.67. The lowest BCUT2D eigenvalue weighted by Gasteiger charge is -2.27. The molecule has 0 saturated carbocycles. The van der Waals surface area contributed by atoms with E-state index in [-0.39, 0.29) is 25.6 Å². The molecule has 9 nitrogen and oxygen atoms in total. The molecule has 2 amide bonds. The lowest BCUT2D eigenvalue weighted by atomic mass is 10.0. The minimum atomic E-state index is -1.24. The van der Waals surface area contributed by atoms with E-state index in [4.69, 9.17) is 9.47 Å². The monoisotopic (exact) mass is 555 g/mol. The van der Waals surface area contributed by atoms with E-state index in [0.717, 1.165) is 25.7 Å². The number of fused-ring (bicyclic) bond motifs is 2. The van der Waals surface area contributed by atoms with Crippen molar-refractivity contribution in [2.45, 2.75) is 18.6 Å². The van der Waals surface area contributed by atoms with Gasteiger partial charge in [-0.1, -0.05) is 40.2 Å². The maximum Gasteiger partial charge on any atom is 0.407 e. The Kier molecular flexibility index (Phi) is 7.76. The van der Waals surface area contributed by atoms with Crippen molar-refractivity contribution in [3.63, 3.8) is 0 Å². The van der Waals surface area contributed by atoms with Gasteiger partial charge in [-0.05, 0) is 41.1 Å². The number of ether oxygens (including phenoxy) is 2. The Labute approximate surface area is 216 Å². The van der Waals surface area contributed by atoms with Crippen LogP contribution in [0, 0.1) is 0 Å². The minimum absolute atomic E-state index is 0.0222. The zero-order valence-electron chi connectivity index (χ0n) is 19.8. The van der Waals surface area contributed by atoms with Crippen LogP contribution in [-0.2, 0) is 16.1 Å². The van der Waals surface area contributed by atoms with Crippen LogP contribution in [0.3, 0.4) is 0 Å². The first-order valence-corrected chi connectivity index (χ1v) is 12.1.